The summed E-state index contributed by atoms with van der Waals surface area (Å²) in [4.78, 5) is 36.0. The molecule has 0 saturated carbocycles. The molecule has 8 heteroatoms. The number of methoxy groups -OCH3 is 1. The number of nitrogens with one attached hydrogen (secondary N) is 1. The number of aryl methyl sites for hydroxylation is 1. The Labute approximate surface area is 159 Å². The molecule has 0 spiro atoms. The monoisotopic (exact) mass is 383 g/mol. The summed E-state index contributed by atoms with van der Waals surface area (Å²) in [6, 6.07) is 8.87. The third-order valence-corrected chi connectivity index (χ3v) is 4.34. The number of phenols is 2. The maximum atomic E-state index is 12.3. The van der Waals surface area contributed by atoms with Crippen molar-refractivity contribution < 1.29 is 29.0 Å². The Morgan fingerprint density at radius 3 is 2.43 bits per heavy atom. The summed E-state index contributed by atoms with van der Waals surface area (Å²) in [5.74, 6) is -1.88. The minimum atomic E-state index is -0.776. The molecule has 8 nitrogen and oxygen atoms in total. The number of amides is 1. The lowest BCUT2D eigenvalue weighted by molar-refractivity contribution is -0.115. The molecule has 2 aromatic carbocycles. The minimum absolute atomic E-state index is 0.134. The van der Waals surface area contributed by atoms with E-state index in [1.165, 1.54) is 31.4 Å². The van der Waals surface area contributed by atoms with E-state index in [1.54, 1.807) is 19.1 Å². The summed E-state index contributed by atoms with van der Waals surface area (Å²) in [5.41, 5.74) is 0.490. The molecule has 3 aromatic rings. The number of phenolic OH excluding ortho intramolecular Hbond substituents is 2. The molecule has 0 aliphatic heterocycles. The molecule has 0 radical (unpaired) electrons. The zero-order valence-corrected chi connectivity index (χ0v) is 15.1. The standard InChI is InChI=1S/C20H17NO7/c1-10-13-7-8-15(22)17(24)18(13)28-20(26)14(10)9-16(23)21-12-5-3-11(4-6-12)19(25)27-2/h3-8,22,24H,9H2,1-2H3,(H,21,23). The Morgan fingerprint density at radius 2 is 1.79 bits per heavy atom. The fraction of sp³-hybridized carbons (Fsp3) is 0.150. The fourth-order valence-electron chi connectivity index (χ4n) is 2.81. The van der Waals surface area contributed by atoms with E-state index in [4.69, 9.17) is 4.42 Å². The van der Waals surface area contributed by atoms with E-state index < -0.39 is 29.0 Å². The van der Waals surface area contributed by atoms with Crippen molar-refractivity contribution in [3.8, 4) is 11.5 Å². The highest BCUT2D eigenvalue weighted by Crippen LogP contribution is 2.34. The van der Waals surface area contributed by atoms with Gasteiger partial charge >= 0.3 is 11.6 Å². The second-order valence-corrected chi connectivity index (χ2v) is 6.10. The van der Waals surface area contributed by atoms with Crippen molar-refractivity contribution in [3.05, 3.63) is 63.5 Å². The van der Waals surface area contributed by atoms with Crippen LogP contribution in [0.25, 0.3) is 11.0 Å². The zero-order chi connectivity index (χ0) is 20.4. The van der Waals surface area contributed by atoms with E-state index in [2.05, 4.69) is 10.1 Å². The number of carbonyl (C=O) groups is 2. The molecule has 0 bridgehead atoms. The molecular weight excluding hydrogens is 366 g/mol. The van der Waals surface area contributed by atoms with Crippen molar-refractivity contribution >= 4 is 28.5 Å². The molecule has 1 amide bonds. The van der Waals surface area contributed by atoms with Gasteiger partial charge in [-0.05, 0) is 48.9 Å². The summed E-state index contributed by atoms with van der Waals surface area (Å²) in [7, 11) is 1.27. The Kier molecular flexibility index (Phi) is 5.04. The van der Waals surface area contributed by atoms with Crippen LogP contribution in [-0.4, -0.2) is 29.2 Å². The highest BCUT2D eigenvalue weighted by molar-refractivity contribution is 5.95. The SMILES string of the molecule is COC(=O)c1ccc(NC(=O)Cc2c(C)c3ccc(O)c(O)c3oc2=O)cc1. The van der Waals surface area contributed by atoms with E-state index >= 15 is 0 Å². The summed E-state index contributed by atoms with van der Waals surface area (Å²) < 4.78 is 9.70. The topological polar surface area (TPSA) is 126 Å². The molecule has 28 heavy (non-hydrogen) atoms. The van der Waals surface area contributed by atoms with Crippen LogP contribution in [0.5, 0.6) is 11.5 Å². The van der Waals surface area contributed by atoms with Crippen molar-refractivity contribution in [1.29, 1.82) is 0 Å². The van der Waals surface area contributed by atoms with Crippen LogP contribution in [-0.2, 0) is 16.0 Å². The van der Waals surface area contributed by atoms with E-state index in [-0.39, 0.29) is 17.6 Å². The quantitative estimate of drug-likeness (QED) is 0.359. The van der Waals surface area contributed by atoms with Gasteiger partial charge in [0.25, 0.3) is 0 Å². The zero-order valence-electron chi connectivity index (χ0n) is 15.1. The number of hydrogen-bond acceptors (Lipinski definition) is 7. The molecule has 0 atom stereocenters. The maximum Gasteiger partial charge on any atom is 0.340 e. The number of aromatic hydroxyl groups is 2. The molecule has 1 heterocycles. The highest BCUT2D eigenvalue weighted by atomic mass is 16.5. The van der Waals surface area contributed by atoms with Crippen LogP contribution >= 0.6 is 0 Å². The van der Waals surface area contributed by atoms with Crippen LogP contribution < -0.4 is 10.9 Å². The maximum absolute atomic E-state index is 12.3. The molecule has 144 valence electrons. The molecule has 1 aromatic heterocycles. The number of benzene rings is 2. The molecule has 0 unspecified atom stereocenters. The third kappa shape index (κ3) is 3.52. The number of anilines is 1. The van der Waals surface area contributed by atoms with Gasteiger partial charge in [-0.1, -0.05) is 0 Å². The predicted molar refractivity (Wildman–Crippen MR) is 101 cm³/mol. The summed E-state index contributed by atoms with van der Waals surface area (Å²) in [5, 5.41) is 22.5. The predicted octanol–water partition coefficient (Wildman–Crippen LogP) is 2.48. The van der Waals surface area contributed by atoms with Gasteiger partial charge in [-0.3, -0.25) is 4.79 Å². The molecule has 0 fully saturated rings. The second kappa shape index (κ2) is 7.43. The molecule has 0 aliphatic carbocycles. The van der Waals surface area contributed by atoms with E-state index in [0.717, 1.165) is 0 Å². The van der Waals surface area contributed by atoms with Crippen LogP contribution in [0.1, 0.15) is 21.5 Å². The number of carbonyl (C=O) groups excluding carboxylic acids is 2. The number of esters is 1. The van der Waals surface area contributed by atoms with Crippen molar-refractivity contribution in [2.75, 3.05) is 12.4 Å². The smallest absolute Gasteiger partial charge is 0.340 e. The lowest BCUT2D eigenvalue weighted by Gasteiger charge is -2.10. The minimum Gasteiger partial charge on any atom is -0.504 e. The Hall–Kier alpha value is -3.81. The first-order chi connectivity index (χ1) is 13.3. The first kappa shape index (κ1) is 19.0. The molecular formula is C20H17NO7. The van der Waals surface area contributed by atoms with Gasteiger partial charge in [0.15, 0.2) is 11.3 Å². The molecule has 3 N–H and O–H groups in total. The second-order valence-electron chi connectivity index (χ2n) is 6.10. The fourth-order valence-corrected chi connectivity index (χ4v) is 2.81. The number of rotatable bonds is 4. The summed E-state index contributed by atoms with van der Waals surface area (Å²) in [6.07, 6.45) is -0.246. The van der Waals surface area contributed by atoms with Crippen LogP contribution in [0.4, 0.5) is 5.69 Å². The normalized spacial score (nSPS) is 10.6. The van der Waals surface area contributed by atoms with Crippen molar-refractivity contribution in [2.45, 2.75) is 13.3 Å². The lowest BCUT2D eigenvalue weighted by Crippen LogP contribution is -2.20. The van der Waals surface area contributed by atoms with E-state index in [0.29, 0.717) is 22.2 Å². The van der Waals surface area contributed by atoms with Gasteiger partial charge in [0.1, 0.15) is 0 Å². The molecule has 0 saturated heterocycles. The summed E-state index contributed by atoms with van der Waals surface area (Å²) >= 11 is 0. The largest absolute Gasteiger partial charge is 0.504 e. The average Bonchev–Trinajstić information content (AvgIpc) is 2.68. The van der Waals surface area contributed by atoms with Gasteiger partial charge in [0.05, 0.1) is 24.7 Å². The first-order valence-corrected chi connectivity index (χ1v) is 8.27. The average molecular weight is 383 g/mol. The van der Waals surface area contributed by atoms with Crippen LogP contribution in [0.2, 0.25) is 0 Å². The van der Waals surface area contributed by atoms with Gasteiger partial charge in [-0.25, -0.2) is 9.59 Å². The molecule has 0 aliphatic rings. The Bertz CT molecular complexity index is 1130. The van der Waals surface area contributed by atoms with Gasteiger partial charge in [0.2, 0.25) is 11.7 Å². The van der Waals surface area contributed by atoms with E-state index in [1.807, 2.05) is 0 Å². The molecule has 3 rings (SSSR count). The summed E-state index contributed by atoms with van der Waals surface area (Å²) in [6.45, 7) is 1.63. The Morgan fingerprint density at radius 1 is 1.11 bits per heavy atom. The third-order valence-electron chi connectivity index (χ3n) is 4.34. The Balaban J connectivity index is 1.84. The first-order valence-electron chi connectivity index (χ1n) is 8.27. The van der Waals surface area contributed by atoms with Gasteiger partial charge < -0.3 is 24.7 Å². The number of ether oxygens (including phenoxy) is 1. The number of hydrogen-bond donors (Lipinski definition) is 3. The van der Waals surface area contributed by atoms with Gasteiger partial charge in [0, 0.05) is 11.1 Å². The van der Waals surface area contributed by atoms with Crippen LogP contribution in [0.3, 0.4) is 0 Å². The van der Waals surface area contributed by atoms with E-state index in [9.17, 15) is 24.6 Å². The van der Waals surface area contributed by atoms with Gasteiger partial charge in [-0.15, -0.1) is 0 Å². The van der Waals surface area contributed by atoms with Crippen molar-refractivity contribution in [3.63, 3.8) is 0 Å². The van der Waals surface area contributed by atoms with Crippen LogP contribution in [0.15, 0.2) is 45.6 Å². The lowest BCUT2D eigenvalue weighted by atomic mass is 10.0. The van der Waals surface area contributed by atoms with Gasteiger partial charge in [-0.2, -0.15) is 0 Å². The van der Waals surface area contributed by atoms with Crippen molar-refractivity contribution in [2.24, 2.45) is 0 Å². The highest BCUT2D eigenvalue weighted by Gasteiger charge is 2.18. The van der Waals surface area contributed by atoms with Crippen molar-refractivity contribution in [1.82, 2.24) is 0 Å². The van der Waals surface area contributed by atoms with Crippen LogP contribution in [0, 0.1) is 6.92 Å². The number of fused-ring (bicyclic) bond motifs is 1.